The SMILES string of the molecule is O=C(c1ccc(F)cc1)N1CCc2nc(C3CCCN3C(=O)c3ccccn3)[nH]c(=O)c2C1. The number of nitrogens with zero attached hydrogens (tertiary/aromatic N) is 4. The Morgan fingerprint density at radius 3 is 2.64 bits per heavy atom. The van der Waals surface area contributed by atoms with Crippen molar-refractivity contribution in [1.82, 2.24) is 24.8 Å². The Morgan fingerprint density at radius 1 is 1.06 bits per heavy atom. The first kappa shape index (κ1) is 21.0. The van der Waals surface area contributed by atoms with Gasteiger partial charge >= 0.3 is 0 Å². The summed E-state index contributed by atoms with van der Waals surface area (Å²) in [6.45, 7) is 1.11. The molecule has 1 saturated heterocycles. The molecule has 5 rings (SSSR count). The van der Waals surface area contributed by atoms with Gasteiger partial charge in [-0.1, -0.05) is 6.07 Å². The van der Waals surface area contributed by atoms with Crippen LogP contribution in [0, 0.1) is 5.82 Å². The first-order valence-corrected chi connectivity index (χ1v) is 10.9. The molecule has 4 heterocycles. The van der Waals surface area contributed by atoms with Crippen LogP contribution >= 0.6 is 0 Å². The fourth-order valence-corrected chi connectivity index (χ4v) is 4.48. The third kappa shape index (κ3) is 4.02. The maximum Gasteiger partial charge on any atom is 0.273 e. The van der Waals surface area contributed by atoms with E-state index in [-0.39, 0.29) is 30.0 Å². The lowest BCUT2D eigenvalue weighted by atomic mass is 10.0. The summed E-state index contributed by atoms with van der Waals surface area (Å²) < 4.78 is 13.2. The Kier molecular flexibility index (Phi) is 5.45. The van der Waals surface area contributed by atoms with E-state index in [9.17, 15) is 18.8 Å². The number of hydrogen-bond acceptors (Lipinski definition) is 5. The number of rotatable bonds is 3. The van der Waals surface area contributed by atoms with Crippen molar-refractivity contribution in [2.24, 2.45) is 0 Å². The molecule has 0 aliphatic carbocycles. The largest absolute Gasteiger partial charge is 0.334 e. The summed E-state index contributed by atoms with van der Waals surface area (Å²) in [7, 11) is 0. The lowest BCUT2D eigenvalue weighted by molar-refractivity contribution is 0.0713. The highest BCUT2D eigenvalue weighted by Crippen LogP contribution is 2.31. The molecule has 168 valence electrons. The van der Waals surface area contributed by atoms with Gasteiger partial charge in [0.1, 0.15) is 17.3 Å². The molecule has 2 aromatic heterocycles. The van der Waals surface area contributed by atoms with Crippen LogP contribution in [0.3, 0.4) is 0 Å². The second-order valence-electron chi connectivity index (χ2n) is 8.23. The maximum atomic E-state index is 13.2. The van der Waals surface area contributed by atoms with E-state index in [1.807, 2.05) is 0 Å². The Hall–Kier alpha value is -3.88. The second-order valence-corrected chi connectivity index (χ2v) is 8.23. The maximum absolute atomic E-state index is 13.2. The molecule has 0 saturated carbocycles. The number of benzene rings is 1. The fraction of sp³-hybridized carbons (Fsp3) is 0.292. The number of H-pyrrole nitrogens is 1. The Balaban J connectivity index is 1.38. The van der Waals surface area contributed by atoms with Gasteiger partial charge in [-0.05, 0) is 49.2 Å². The van der Waals surface area contributed by atoms with Crippen LogP contribution in [0.1, 0.15) is 56.8 Å². The van der Waals surface area contributed by atoms with Crippen molar-refractivity contribution in [2.75, 3.05) is 13.1 Å². The van der Waals surface area contributed by atoms with Crippen molar-refractivity contribution in [2.45, 2.75) is 31.8 Å². The number of nitrogens with one attached hydrogen (secondary N) is 1. The van der Waals surface area contributed by atoms with Crippen molar-refractivity contribution in [1.29, 1.82) is 0 Å². The number of halogens is 1. The van der Waals surface area contributed by atoms with E-state index < -0.39 is 5.82 Å². The molecule has 33 heavy (non-hydrogen) atoms. The second kappa shape index (κ2) is 8.57. The van der Waals surface area contributed by atoms with Crippen LogP contribution < -0.4 is 5.56 Å². The quantitative estimate of drug-likeness (QED) is 0.665. The minimum absolute atomic E-state index is 0.134. The number of carbonyl (C=O) groups is 2. The highest BCUT2D eigenvalue weighted by Gasteiger charge is 2.34. The normalized spacial score (nSPS) is 17.7. The van der Waals surface area contributed by atoms with E-state index in [1.165, 1.54) is 24.3 Å². The summed E-state index contributed by atoms with van der Waals surface area (Å²) >= 11 is 0. The standard InChI is InChI=1S/C24H22FN5O3/c25-16-8-6-15(7-9-16)23(32)29-13-10-18-17(14-29)22(31)28-21(27-18)20-5-3-12-30(20)24(33)19-4-1-2-11-26-19/h1-2,4,6-9,11,20H,3,5,10,12-14H2,(H,27,28,31). The van der Waals surface area contributed by atoms with Gasteiger partial charge in [-0.25, -0.2) is 9.37 Å². The summed E-state index contributed by atoms with van der Waals surface area (Å²) in [5, 5.41) is 0. The molecule has 2 amide bonds. The summed E-state index contributed by atoms with van der Waals surface area (Å²) in [6, 6.07) is 10.2. The highest BCUT2D eigenvalue weighted by molar-refractivity contribution is 5.94. The Bertz CT molecular complexity index is 1260. The number of aromatic amines is 1. The van der Waals surface area contributed by atoms with Gasteiger partial charge in [0, 0.05) is 31.3 Å². The molecular weight excluding hydrogens is 425 g/mol. The number of likely N-dealkylation sites (tertiary alicyclic amines) is 1. The van der Waals surface area contributed by atoms with Crippen molar-refractivity contribution >= 4 is 11.8 Å². The van der Waals surface area contributed by atoms with Crippen LogP contribution in [0.15, 0.2) is 53.5 Å². The van der Waals surface area contributed by atoms with Gasteiger partial charge in [-0.2, -0.15) is 0 Å². The molecule has 1 atom stereocenters. The summed E-state index contributed by atoms with van der Waals surface area (Å²) in [4.78, 5) is 53.7. The van der Waals surface area contributed by atoms with Crippen molar-refractivity contribution < 1.29 is 14.0 Å². The van der Waals surface area contributed by atoms with Crippen molar-refractivity contribution in [3.8, 4) is 0 Å². The zero-order valence-corrected chi connectivity index (χ0v) is 17.8. The summed E-state index contributed by atoms with van der Waals surface area (Å²) in [5.74, 6) is -0.383. The van der Waals surface area contributed by atoms with Crippen LogP contribution in [0.25, 0.3) is 0 Å². The average Bonchev–Trinajstić information content (AvgIpc) is 3.34. The van der Waals surface area contributed by atoms with Gasteiger partial charge in [0.05, 0.1) is 23.8 Å². The topological polar surface area (TPSA) is 99.3 Å². The third-order valence-corrected chi connectivity index (χ3v) is 6.18. The predicted octanol–water partition coefficient (Wildman–Crippen LogP) is 2.48. The van der Waals surface area contributed by atoms with Crippen LogP contribution in [0.5, 0.6) is 0 Å². The molecule has 2 aliphatic rings. The highest BCUT2D eigenvalue weighted by atomic mass is 19.1. The molecule has 0 spiro atoms. The minimum atomic E-state index is -0.411. The van der Waals surface area contributed by atoms with Crippen LogP contribution in [0.2, 0.25) is 0 Å². The molecule has 2 aliphatic heterocycles. The molecule has 1 aromatic carbocycles. The number of amides is 2. The van der Waals surface area contributed by atoms with Crippen LogP contribution in [-0.4, -0.2) is 49.7 Å². The number of fused-ring (bicyclic) bond motifs is 1. The minimum Gasteiger partial charge on any atom is -0.334 e. The third-order valence-electron chi connectivity index (χ3n) is 6.18. The van der Waals surface area contributed by atoms with E-state index in [2.05, 4.69) is 9.97 Å². The molecule has 9 heteroatoms. The van der Waals surface area contributed by atoms with Crippen LogP contribution in [0.4, 0.5) is 4.39 Å². The molecule has 0 bridgehead atoms. The first-order valence-electron chi connectivity index (χ1n) is 10.9. The van der Waals surface area contributed by atoms with E-state index in [0.717, 1.165) is 6.42 Å². The van der Waals surface area contributed by atoms with Gasteiger partial charge in [0.2, 0.25) is 0 Å². The molecule has 8 nitrogen and oxygen atoms in total. The predicted molar refractivity (Wildman–Crippen MR) is 117 cm³/mol. The zero-order chi connectivity index (χ0) is 22.9. The van der Waals surface area contributed by atoms with Gasteiger partial charge in [0.25, 0.3) is 17.4 Å². The van der Waals surface area contributed by atoms with E-state index in [0.29, 0.717) is 54.3 Å². The number of pyridine rings is 1. The summed E-state index contributed by atoms with van der Waals surface area (Å²) in [6.07, 6.45) is 3.52. The molecule has 1 N–H and O–H groups in total. The monoisotopic (exact) mass is 447 g/mol. The molecular formula is C24H22FN5O3. The average molecular weight is 447 g/mol. The Morgan fingerprint density at radius 2 is 1.88 bits per heavy atom. The van der Waals surface area contributed by atoms with Gasteiger partial charge in [-0.15, -0.1) is 0 Å². The van der Waals surface area contributed by atoms with E-state index in [1.54, 1.807) is 34.2 Å². The zero-order valence-electron chi connectivity index (χ0n) is 17.8. The van der Waals surface area contributed by atoms with Gasteiger partial charge in [-0.3, -0.25) is 19.4 Å². The van der Waals surface area contributed by atoms with E-state index >= 15 is 0 Å². The number of carbonyl (C=O) groups excluding carboxylic acids is 2. The van der Waals surface area contributed by atoms with E-state index in [4.69, 9.17) is 4.98 Å². The Labute approximate surface area is 189 Å². The van der Waals surface area contributed by atoms with Crippen LogP contribution in [-0.2, 0) is 13.0 Å². The number of hydrogen-bond donors (Lipinski definition) is 1. The van der Waals surface area contributed by atoms with Gasteiger partial charge < -0.3 is 14.8 Å². The molecule has 1 fully saturated rings. The molecule has 3 aromatic rings. The smallest absolute Gasteiger partial charge is 0.273 e. The van der Waals surface area contributed by atoms with Crippen molar-refractivity contribution in [3.05, 3.63) is 93.2 Å². The molecule has 0 radical (unpaired) electrons. The number of aromatic nitrogens is 3. The first-order chi connectivity index (χ1) is 16.0. The lowest BCUT2D eigenvalue weighted by Gasteiger charge is -2.29. The van der Waals surface area contributed by atoms with Crippen molar-refractivity contribution in [3.63, 3.8) is 0 Å². The molecule has 1 unspecified atom stereocenters. The summed E-state index contributed by atoms with van der Waals surface area (Å²) in [5.41, 5.74) is 1.52. The lowest BCUT2D eigenvalue weighted by Crippen LogP contribution is -2.40. The fourth-order valence-electron chi connectivity index (χ4n) is 4.48. The van der Waals surface area contributed by atoms with Gasteiger partial charge in [0.15, 0.2) is 0 Å².